The molecule has 1 aliphatic heterocycles. The number of benzene rings is 2. The third kappa shape index (κ3) is 5.04. The van der Waals surface area contributed by atoms with Crippen LogP contribution in [-0.4, -0.2) is 23.9 Å². The first-order chi connectivity index (χ1) is 13.0. The molecule has 0 atom stereocenters. The molecule has 1 heterocycles. The molecule has 1 amide bonds. The molecule has 1 fully saturated rings. The second-order valence-corrected chi connectivity index (χ2v) is 8.08. The van der Waals surface area contributed by atoms with Gasteiger partial charge in [-0.05, 0) is 68.1 Å². The topological polar surface area (TPSA) is 32.3 Å². The average Bonchev–Trinajstić information content (AvgIpc) is 2.66. The van der Waals surface area contributed by atoms with E-state index >= 15 is 0 Å². The van der Waals surface area contributed by atoms with E-state index in [0.717, 1.165) is 55.7 Å². The van der Waals surface area contributed by atoms with E-state index in [4.69, 9.17) is 23.2 Å². The van der Waals surface area contributed by atoms with E-state index in [1.807, 2.05) is 31.2 Å². The van der Waals surface area contributed by atoms with Gasteiger partial charge in [0.2, 0.25) is 5.91 Å². The first kappa shape index (κ1) is 20.2. The van der Waals surface area contributed by atoms with E-state index in [0.29, 0.717) is 10.0 Å². The third-order valence-electron chi connectivity index (χ3n) is 5.36. The van der Waals surface area contributed by atoms with Crippen molar-refractivity contribution in [3.05, 3.63) is 63.1 Å². The predicted octanol–water partition coefficient (Wildman–Crippen LogP) is 5.71. The van der Waals surface area contributed by atoms with Gasteiger partial charge in [-0.1, -0.05) is 54.4 Å². The van der Waals surface area contributed by atoms with Gasteiger partial charge in [-0.25, -0.2) is 0 Å². The summed E-state index contributed by atoms with van der Waals surface area (Å²) in [6.07, 6.45) is 2.65. The Balaban J connectivity index is 1.57. The molecule has 27 heavy (non-hydrogen) atoms. The maximum absolute atomic E-state index is 12.8. The van der Waals surface area contributed by atoms with Crippen LogP contribution < -0.4 is 5.32 Å². The lowest BCUT2D eigenvalue weighted by molar-refractivity contribution is -0.121. The Bertz CT molecular complexity index is 814. The van der Waals surface area contributed by atoms with Crippen LogP contribution in [0.1, 0.15) is 36.5 Å². The van der Waals surface area contributed by atoms with Crippen LogP contribution in [0.3, 0.4) is 0 Å². The number of rotatable bonds is 5. The highest BCUT2D eigenvalue weighted by Gasteiger charge is 2.26. The number of hydrogen-bond donors (Lipinski definition) is 1. The number of carbonyl (C=O) groups excluding carboxylic acids is 1. The molecular weight excluding hydrogens is 379 g/mol. The second kappa shape index (κ2) is 9.09. The molecule has 0 saturated carbocycles. The van der Waals surface area contributed by atoms with Gasteiger partial charge in [-0.15, -0.1) is 0 Å². The molecule has 5 heteroatoms. The number of nitrogens with zero attached hydrogens (tertiary/aromatic N) is 1. The van der Waals surface area contributed by atoms with E-state index in [9.17, 15) is 4.79 Å². The number of amides is 1. The minimum Gasteiger partial charge on any atom is -0.325 e. The van der Waals surface area contributed by atoms with Crippen LogP contribution in [0.15, 0.2) is 36.4 Å². The van der Waals surface area contributed by atoms with Crippen molar-refractivity contribution in [1.29, 1.82) is 0 Å². The van der Waals surface area contributed by atoms with Crippen LogP contribution in [0, 0.1) is 12.8 Å². The fourth-order valence-electron chi connectivity index (χ4n) is 3.67. The Morgan fingerprint density at radius 3 is 2.56 bits per heavy atom. The summed E-state index contributed by atoms with van der Waals surface area (Å²) in [7, 11) is 0. The molecule has 0 bridgehead atoms. The lowest BCUT2D eigenvalue weighted by atomic mass is 9.95. The Labute approximate surface area is 171 Å². The van der Waals surface area contributed by atoms with Crippen molar-refractivity contribution in [3.8, 4) is 0 Å². The van der Waals surface area contributed by atoms with Gasteiger partial charge in [0.15, 0.2) is 0 Å². The maximum atomic E-state index is 12.8. The molecule has 1 aliphatic rings. The van der Waals surface area contributed by atoms with Crippen LogP contribution in [0.5, 0.6) is 0 Å². The fraction of sp³-hybridized carbons (Fsp3) is 0.409. The molecule has 0 aliphatic carbocycles. The van der Waals surface area contributed by atoms with E-state index in [2.05, 4.69) is 23.2 Å². The normalized spacial score (nSPS) is 15.7. The van der Waals surface area contributed by atoms with E-state index in [-0.39, 0.29) is 11.8 Å². The number of piperidine rings is 1. The SMILES string of the molecule is CCc1cccc(C)c1NC(=O)C1CCN(Cc2ccc(Cl)cc2Cl)CC1. The summed E-state index contributed by atoms with van der Waals surface area (Å²) in [4.78, 5) is 15.1. The zero-order valence-electron chi connectivity index (χ0n) is 15.9. The van der Waals surface area contributed by atoms with Crippen molar-refractivity contribution >= 4 is 34.8 Å². The van der Waals surface area contributed by atoms with Crippen LogP contribution in [0.4, 0.5) is 5.69 Å². The molecule has 0 spiro atoms. The summed E-state index contributed by atoms with van der Waals surface area (Å²) in [5.74, 6) is 0.203. The Hall–Kier alpha value is -1.55. The Morgan fingerprint density at radius 2 is 1.89 bits per heavy atom. The van der Waals surface area contributed by atoms with Gasteiger partial charge in [0.25, 0.3) is 0 Å². The minimum absolute atomic E-state index is 0.0613. The predicted molar refractivity (Wildman–Crippen MR) is 114 cm³/mol. The number of nitrogens with one attached hydrogen (secondary N) is 1. The van der Waals surface area contributed by atoms with Crippen molar-refractivity contribution in [1.82, 2.24) is 4.90 Å². The first-order valence-corrected chi connectivity index (χ1v) is 10.3. The lowest BCUT2D eigenvalue weighted by Crippen LogP contribution is -2.38. The molecular formula is C22H26Cl2N2O. The quantitative estimate of drug-likeness (QED) is 0.691. The first-order valence-electron chi connectivity index (χ1n) is 9.53. The van der Waals surface area contributed by atoms with Crippen molar-refractivity contribution < 1.29 is 4.79 Å². The third-order valence-corrected chi connectivity index (χ3v) is 5.94. The van der Waals surface area contributed by atoms with Gasteiger partial charge in [0, 0.05) is 28.2 Å². The number of carbonyl (C=O) groups is 1. The zero-order chi connectivity index (χ0) is 19.4. The zero-order valence-corrected chi connectivity index (χ0v) is 17.4. The van der Waals surface area contributed by atoms with Crippen molar-refractivity contribution in [2.75, 3.05) is 18.4 Å². The summed E-state index contributed by atoms with van der Waals surface area (Å²) in [5, 5.41) is 4.54. The van der Waals surface area contributed by atoms with Crippen LogP contribution >= 0.6 is 23.2 Å². The Morgan fingerprint density at radius 1 is 1.15 bits per heavy atom. The van der Waals surface area contributed by atoms with Crippen LogP contribution in [0.25, 0.3) is 0 Å². The summed E-state index contributed by atoms with van der Waals surface area (Å²) in [6.45, 7) is 6.75. The summed E-state index contributed by atoms with van der Waals surface area (Å²) in [5.41, 5.74) is 4.38. The van der Waals surface area contributed by atoms with Gasteiger partial charge in [0.1, 0.15) is 0 Å². The number of anilines is 1. The van der Waals surface area contributed by atoms with Crippen molar-refractivity contribution in [2.24, 2.45) is 5.92 Å². The van der Waals surface area contributed by atoms with Crippen LogP contribution in [-0.2, 0) is 17.8 Å². The molecule has 0 unspecified atom stereocenters. The molecule has 1 saturated heterocycles. The molecule has 3 rings (SSSR count). The summed E-state index contributed by atoms with van der Waals surface area (Å²) >= 11 is 12.3. The van der Waals surface area contributed by atoms with E-state index in [1.54, 1.807) is 6.07 Å². The van der Waals surface area contributed by atoms with Gasteiger partial charge in [0.05, 0.1) is 0 Å². The molecule has 0 aromatic heterocycles. The van der Waals surface area contributed by atoms with Crippen LogP contribution in [0.2, 0.25) is 10.0 Å². The molecule has 0 radical (unpaired) electrons. The second-order valence-electron chi connectivity index (χ2n) is 7.24. The standard InChI is InChI=1S/C22H26Cl2N2O/c1-3-16-6-4-5-15(2)21(16)25-22(27)17-9-11-26(12-10-17)14-18-7-8-19(23)13-20(18)24/h4-8,13,17H,3,9-12,14H2,1-2H3,(H,25,27). The number of hydrogen-bond acceptors (Lipinski definition) is 2. The number of halogens is 2. The summed E-state index contributed by atoms with van der Waals surface area (Å²) in [6, 6.07) is 11.8. The maximum Gasteiger partial charge on any atom is 0.227 e. The largest absolute Gasteiger partial charge is 0.325 e. The average molecular weight is 405 g/mol. The van der Waals surface area contributed by atoms with E-state index in [1.165, 1.54) is 5.56 Å². The minimum atomic E-state index is 0.0613. The molecule has 3 nitrogen and oxygen atoms in total. The highest BCUT2D eigenvalue weighted by molar-refractivity contribution is 6.35. The number of aryl methyl sites for hydroxylation is 2. The number of likely N-dealkylation sites (tertiary alicyclic amines) is 1. The van der Waals surface area contributed by atoms with Gasteiger partial charge in [-0.3, -0.25) is 9.69 Å². The Kier molecular flexibility index (Phi) is 6.80. The number of para-hydroxylation sites is 1. The monoisotopic (exact) mass is 404 g/mol. The van der Waals surface area contributed by atoms with Gasteiger partial charge in [-0.2, -0.15) is 0 Å². The fourth-order valence-corrected chi connectivity index (χ4v) is 4.14. The lowest BCUT2D eigenvalue weighted by Gasteiger charge is -2.31. The highest BCUT2D eigenvalue weighted by Crippen LogP contribution is 2.27. The smallest absolute Gasteiger partial charge is 0.227 e. The molecule has 2 aromatic carbocycles. The summed E-state index contributed by atoms with van der Waals surface area (Å²) < 4.78 is 0. The van der Waals surface area contributed by atoms with Gasteiger partial charge < -0.3 is 5.32 Å². The molecule has 144 valence electrons. The van der Waals surface area contributed by atoms with Crippen molar-refractivity contribution in [3.63, 3.8) is 0 Å². The van der Waals surface area contributed by atoms with E-state index < -0.39 is 0 Å². The highest BCUT2D eigenvalue weighted by atomic mass is 35.5. The molecule has 2 aromatic rings. The molecule has 1 N–H and O–H groups in total. The van der Waals surface area contributed by atoms with Crippen molar-refractivity contribution in [2.45, 2.75) is 39.7 Å². The van der Waals surface area contributed by atoms with Gasteiger partial charge >= 0.3 is 0 Å².